The third kappa shape index (κ3) is 22.5. The molecule has 1 N–H and O–H groups in total. The van der Waals surface area contributed by atoms with Gasteiger partial charge in [-0.15, -0.1) is 0 Å². The summed E-state index contributed by atoms with van der Waals surface area (Å²) < 4.78 is 0. The van der Waals surface area contributed by atoms with Gasteiger partial charge in [0.1, 0.15) is 5.75 Å². The molecule has 0 bridgehead atoms. The van der Waals surface area contributed by atoms with Gasteiger partial charge in [0.15, 0.2) is 0 Å². The molecule has 1 aromatic rings. The largest absolute Gasteiger partial charge is 0.506 e. The minimum atomic E-state index is 0.443. The minimum Gasteiger partial charge on any atom is -0.506 e. The van der Waals surface area contributed by atoms with Crippen molar-refractivity contribution >= 4 is 5.69 Å². The van der Waals surface area contributed by atoms with Crippen LogP contribution in [-0.2, 0) is 0 Å². The van der Waals surface area contributed by atoms with E-state index in [1.54, 1.807) is 0 Å². The molecule has 0 aliphatic heterocycles. The van der Waals surface area contributed by atoms with Gasteiger partial charge in [-0.2, -0.15) is 0 Å². The number of hydrogen-bond acceptors (Lipinski definition) is 2. The first-order valence-corrected chi connectivity index (χ1v) is 18.3. The van der Waals surface area contributed by atoms with Crippen molar-refractivity contribution in [3.05, 3.63) is 24.3 Å². The zero-order valence-corrected chi connectivity index (χ0v) is 27.4. The van der Waals surface area contributed by atoms with E-state index in [9.17, 15) is 5.11 Å². The second-order valence-corrected chi connectivity index (χ2v) is 12.7. The van der Waals surface area contributed by atoms with Crippen LogP contribution >= 0.6 is 0 Å². The number of phenols is 1. The fourth-order valence-corrected chi connectivity index (χ4v) is 6.08. The van der Waals surface area contributed by atoms with Crippen molar-refractivity contribution in [1.82, 2.24) is 0 Å². The van der Waals surface area contributed by atoms with Crippen LogP contribution < -0.4 is 4.90 Å². The molecule has 0 aliphatic carbocycles. The summed E-state index contributed by atoms with van der Waals surface area (Å²) in [6.45, 7) is 6.75. The molecule has 2 heteroatoms. The molecule has 1 aromatic carbocycles. The van der Waals surface area contributed by atoms with Gasteiger partial charge in [-0.05, 0) is 25.0 Å². The van der Waals surface area contributed by atoms with Gasteiger partial charge in [0, 0.05) is 13.1 Å². The van der Waals surface area contributed by atoms with E-state index < -0.39 is 0 Å². The van der Waals surface area contributed by atoms with Gasteiger partial charge in [0.05, 0.1) is 5.69 Å². The summed E-state index contributed by atoms with van der Waals surface area (Å²) in [4.78, 5) is 2.45. The molecule has 0 saturated carbocycles. The Morgan fingerprint density at radius 3 is 0.975 bits per heavy atom. The van der Waals surface area contributed by atoms with Gasteiger partial charge in [0.25, 0.3) is 0 Å². The molecule has 1 rings (SSSR count). The summed E-state index contributed by atoms with van der Waals surface area (Å²) in [5.41, 5.74) is 1.03. The fourth-order valence-electron chi connectivity index (χ4n) is 6.08. The van der Waals surface area contributed by atoms with Crippen LogP contribution in [0.5, 0.6) is 5.75 Å². The maximum absolute atomic E-state index is 10.5. The first-order valence-electron chi connectivity index (χ1n) is 18.3. The summed E-state index contributed by atoms with van der Waals surface area (Å²) >= 11 is 0. The minimum absolute atomic E-state index is 0.443. The number of para-hydroxylation sites is 2. The standard InChI is InChI=1S/C38H71NO/c1-3-5-7-9-11-13-15-17-19-21-23-25-27-31-35-39(37-33-29-30-34-38(37)40)36-32-28-26-24-22-20-18-16-14-12-10-8-6-4-2/h29-30,33-34,40H,3-28,31-32,35-36H2,1-2H3. The number of hydrogen-bond donors (Lipinski definition) is 1. The Labute approximate surface area is 252 Å². The molecule has 0 aliphatic rings. The molecule has 0 spiro atoms. The molecule has 0 radical (unpaired) electrons. The molecule has 0 saturated heterocycles. The van der Waals surface area contributed by atoms with E-state index in [4.69, 9.17) is 0 Å². The number of phenolic OH excluding ortho intramolecular Hbond substituents is 1. The molecule has 0 amide bonds. The van der Waals surface area contributed by atoms with Crippen LogP contribution in [0, 0.1) is 0 Å². The van der Waals surface area contributed by atoms with Gasteiger partial charge in [-0.3, -0.25) is 0 Å². The average Bonchev–Trinajstić information content (AvgIpc) is 2.96. The number of unbranched alkanes of at least 4 members (excludes halogenated alkanes) is 26. The van der Waals surface area contributed by atoms with Crippen molar-refractivity contribution in [2.45, 2.75) is 194 Å². The van der Waals surface area contributed by atoms with E-state index in [2.05, 4.69) is 30.9 Å². The zero-order chi connectivity index (χ0) is 28.8. The van der Waals surface area contributed by atoms with Gasteiger partial charge in [-0.1, -0.05) is 193 Å². The van der Waals surface area contributed by atoms with Crippen LogP contribution in [0.4, 0.5) is 5.69 Å². The lowest BCUT2D eigenvalue weighted by Gasteiger charge is -2.25. The maximum atomic E-state index is 10.5. The summed E-state index contributed by atoms with van der Waals surface area (Å²) in [7, 11) is 0. The van der Waals surface area contributed by atoms with Crippen LogP contribution in [-0.4, -0.2) is 18.2 Å². The van der Waals surface area contributed by atoms with Crippen molar-refractivity contribution < 1.29 is 5.11 Å². The lowest BCUT2D eigenvalue weighted by molar-refractivity contribution is 0.471. The summed E-state index contributed by atoms with van der Waals surface area (Å²) in [5, 5.41) is 10.5. The maximum Gasteiger partial charge on any atom is 0.138 e. The number of nitrogens with zero attached hydrogens (tertiary/aromatic N) is 1. The van der Waals surface area contributed by atoms with Crippen LogP contribution in [0.1, 0.15) is 194 Å². The third-order valence-electron chi connectivity index (χ3n) is 8.79. The highest BCUT2D eigenvalue weighted by Crippen LogP contribution is 2.27. The molecule has 0 unspecified atom stereocenters. The number of aromatic hydroxyl groups is 1. The first kappa shape index (κ1) is 36.8. The molecular formula is C38H71NO. The number of benzene rings is 1. The van der Waals surface area contributed by atoms with Crippen molar-refractivity contribution in [3.8, 4) is 5.75 Å². The lowest BCUT2D eigenvalue weighted by atomic mass is 10.0. The van der Waals surface area contributed by atoms with E-state index in [0.29, 0.717) is 5.75 Å². The second kappa shape index (κ2) is 29.3. The Balaban J connectivity index is 2.06. The highest BCUT2D eigenvalue weighted by molar-refractivity contribution is 5.57. The second-order valence-electron chi connectivity index (χ2n) is 12.7. The van der Waals surface area contributed by atoms with E-state index in [0.717, 1.165) is 18.8 Å². The molecule has 0 aromatic heterocycles. The fraction of sp³-hybridized carbons (Fsp3) is 0.842. The molecule has 40 heavy (non-hydrogen) atoms. The first-order chi connectivity index (χ1) is 19.8. The molecule has 0 heterocycles. The topological polar surface area (TPSA) is 23.5 Å². The van der Waals surface area contributed by atoms with E-state index >= 15 is 0 Å². The van der Waals surface area contributed by atoms with Crippen LogP contribution in [0.3, 0.4) is 0 Å². The summed E-state index contributed by atoms with van der Waals surface area (Å²) in [5.74, 6) is 0.443. The lowest BCUT2D eigenvalue weighted by Crippen LogP contribution is -2.25. The monoisotopic (exact) mass is 558 g/mol. The van der Waals surface area contributed by atoms with Gasteiger partial charge in [-0.25, -0.2) is 0 Å². The predicted molar refractivity (Wildman–Crippen MR) is 181 cm³/mol. The van der Waals surface area contributed by atoms with E-state index in [1.165, 1.54) is 180 Å². The molecular weight excluding hydrogens is 486 g/mol. The quantitative estimate of drug-likeness (QED) is 0.0917. The Morgan fingerprint density at radius 1 is 0.400 bits per heavy atom. The van der Waals surface area contributed by atoms with Gasteiger partial charge < -0.3 is 10.0 Å². The van der Waals surface area contributed by atoms with Crippen molar-refractivity contribution in [3.63, 3.8) is 0 Å². The smallest absolute Gasteiger partial charge is 0.138 e. The molecule has 2 nitrogen and oxygen atoms in total. The summed E-state index contributed by atoms with van der Waals surface area (Å²) in [6, 6.07) is 7.95. The van der Waals surface area contributed by atoms with Crippen molar-refractivity contribution in [1.29, 1.82) is 0 Å². The van der Waals surface area contributed by atoms with E-state index in [1.807, 2.05) is 12.1 Å². The normalized spacial score (nSPS) is 11.3. The Bertz CT molecular complexity index is 598. The predicted octanol–water partition coefficient (Wildman–Crippen LogP) is 13.2. The summed E-state index contributed by atoms with van der Waals surface area (Å²) in [6.07, 6.45) is 39.2. The number of anilines is 1. The van der Waals surface area contributed by atoms with Crippen LogP contribution in [0.25, 0.3) is 0 Å². The molecule has 234 valence electrons. The average molecular weight is 558 g/mol. The Kier molecular flexibility index (Phi) is 27.0. The van der Waals surface area contributed by atoms with Gasteiger partial charge >= 0.3 is 0 Å². The van der Waals surface area contributed by atoms with E-state index in [-0.39, 0.29) is 0 Å². The van der Waals surface area contributed by atoms with Crippen molar-refractivity contribution in [2.24, 2.45) is 0 Å². The third-order valence-corrected chi connectivity index (χ3v) is 8.79. The Morgan fingerprint density at radius 2 is 0.675 bits per heavy atom. The highest BCUT2D eigenvalue weighted by atomic mass is 16.3. The van der Waals surface area contributed by atoms with Crippen molar-refractivity contribution in [2.75, 3.05) is 18.0 Å². The number of rotatable bonds is 31. The molecule has 0 atom stereocenters. The Hall–Kier alpha value is -1.18. The zero-order valence-electron chi connectivity index (χ0n) is 27.4. The highest BCUT2D eigenvalue weighted by Gasteiger charge is 2.10. The van der Waals surface area contributed by atoms with Crippen LogP contribution in [0.2, 0.25) is 0 Å². The van der Waals surface area contributed by atoms with Crippen LogP contribution in [0.15, 0.2) is 24.3 Å². The SMILES string of the molecule is CCCCCCCCCCCCCCCCN(CCCCCCCCCCCCCCCC)c1ccccc1O. The van der Waals surface area contributed by atoms with Gasteiger partial charge in [0.2, 0.25) is 0 Å². The molecule has 0 fully saturated rings.